The zero-order chi connectivity index (χ0) is 89.3. The molecule has 0 rings (SSSR count). The van der Waals surface area contributed by atoms with E-state index in [0.717, 1.165) is 77.0 Å². The van der Waals surface area contributed by atoms with E-state index in [4.69, 9.17) is 20.4 Å². The van der Waals surface area contributed by atoms with Crippen LogP contribution < -0.4 is 10.2 Å². The van der Waals surface area contributed by atoms with E-state index < -0.39 is 35.8 Å². The number of carbonyl (C=O) groups excluding carboxylic acids is 2. The summed E-state index contributed by atoms with van der Waals surface area (Å²) in [5, 5.41) is 54.5. The molecule has 0 aromatic rings. The molecule has 123 heavy (non-hydrogen) atoms. The number of hydrogen-bond acceptors (Lipinski definition) is 8. The molecule has 0 saturated carbocycles. The number of aliphatic carboxylic acids is 6. The maximum atomic E-state index is 10.3. The molecule has 0 aromatic heterocycles. The number of carbonyl (C=O) groups is 6. The van der Waals surface area contributed by atoms with Crippen LogP contribution in [0.3, 0.4) is 0 Å². The van der Waals surface area contributed by atoms with Crippen molar-refractivity contribution in [2.45, 2.75) is 658 Å². The number of unbranched alkanes of at least 4 members (excludes halogenated alkanes) is 84. The Morgan fingerprint density at radius 2 is 0.211 bits per heavy atom. The molecule has 0 atom stereocenters. The van der Waals surface area contributed by atoms with E-state index in [9.17, 15) is 39.0 Å². The van der Waals surface area contributed by atoms with Crippen molar-refractivity contribution in [3.05, 3.63) is 0 Å². The van der Waals surface area contributed by atoms with Gasteiger partial charge in [0.15, 0.2) is 0 Å². The van der Waals surface area contributed by atoms with Crippen LogP contribution in [0.4, 0.5) is 0 Å². The third-order valence-corrected chi connectivity index (χ3v) is 23.9. The minimum absolute atomic E-state index is 0. The van der Waals surface area contributed by atoms with E-state index in [1.165, 1.54) is 501 Å². The van der Waals surface area contributed by atoms with E-state index in [1.807, 2.05) is 0 Å². The minimum atomic E-state index is -0.903. The number of hydrogen-bond donors (Lipinski definition) is 4. The molecule has 0 aromatic carbocycles. The Morgan fingerprint density at radius 1 is 0.146 bits per heavy atom. The smallest absolute Gasteiger partial charge is 0.550 e. The fraction of sp³-hybridized carbons (Fsp3) is 0.944. The van der Waals surface area contributed by atoms with Crippen LogP contribution in [0.5, 0.6) is 0 Å². The van der Waals surface area contributed by atoms with Gasteiger partial charge in [0.25, 0.3) is 0 Å². The second kappa shape index (κ2) is 137. The summed E-state index contributed by atoms with van der Waals surface area (Å²) in [5.41, 5.74) is 0. The van der Waals surface area contributed by atoms with Crippen molar-refractivity contribution >= 4 is 84.7 Å². The Kier molecular flexibility index (Phi) is 157. The molecule has 0 heterocycles. The first-order valence-electron chi connectivity index (χ1n) is 53.9. The van der Waals surface area contributed by atoms with Gasteiger partial charge in [0.2, 0.25) is 0 Å². The summed E-state index contributed by atoms with van der Waals surface area (Å²) in [4.78, 5) is 61.8. The summed E-state index contributed by atoms with van der Waals surface area (Å²) in [6, 6.07) is 0. The molecular formula is C108H214BaCdO12Zn. The Hall–Kier alpha value is -0.0631. The topological polar surface area (TPSA) is 229 Å². The minimum Gasteiger partial charge on any atom is -0.550 e. The molecule has 0 aliphatic rings. The average molecular weight is 2020 g/mol. The predicted octanol–water partition coefficient (Wildman–Crippen LogP) is 34.9. The van der Waals surface area contributed by atoms with Crippen LogP contribution >= 0.6 is 0 Å². The van der Waals surface area contributed by atoms with Gasteiger partial charge in [-0.3, -0.25) is 19.2 Å². The van der Waals surface area contributed by atoms with E-state index >= 15 is 0 Å². The van der Waals surface area contributed by atoms with Gasteiger partial charge in [-0.1, -0.05) is 581 Å². The van der Waals surface area contributed by atoms with Gasteiger partial charge < -0.3 is 40.2 Å². The monoisotopic (exact) mass is 2020 g/mol. The third kappa shape index (κ3) is 169. The second-order valence-electron chi connectivity index (χ2n) is 36.5. The molecule has 0 radical (unpaired) electrons. The maximum absolute atomic E-state index is 10.3. The van der Waals surface area contributed by atoms with Crippen LogP contribution in [0, 0.1) is 0 Å². The quantitative estimate of drug-likeness (QED) is 0.0329. The molecule has 0 amide bonds. The largest absolute Gasteiger partial charge is 2.00 e. The number of carboxylic acids is 6. The molecule has 0 bridgehead atoms. The Bertz CT molecular complexity index is 1580. The number of rotatable bonds is 96. The summed E-state index contributed by atoms with van der Waals surface area (Å²) in [7, 11) is 0. The number of carboxylic acid groups (broad SMARTS) is 6. The molecule has 0 fully saturated rings. The third-order valence-electron chi connectivity index (χ3n) is 23.9. The van der Waals surface area contributed by atoms with E-state index in [1.54, 1.807) is 0 Å². The summed E-state index contributed by atoms with van der Waals surface area (Å²) in [6.45, 7) is 13.6. The van der Waals surface area contributed by atoms with Crippen LogP contribution in [0.25, 0.3) is 0 Å². The van der Waals surface area contributed by atoms with Crippen molar-refractivity contribution < 1.29 is 106 Å². The average Bonchev–Trinajstić information content (AvgIpc) is 1.20. The van der Waals surface area contributed by atoms with Gasteiger partial charge in [0.05, 0.1) is 0 Å². The first kappa shape index (κ1) is 141. The Labute approximate surface area is 840 Å². The molecule has 0 unspecified atom stereocenters. The van der Waals surface area contributed by atoms with Gasteiger partial charge in [-0.15, -0.1) is 0 Å². The molecule has 12 nitrogen and oxygen atoms in total. The first-order chi connectivity index (χ1) is 58.6. The SMILES string of the molecule is CCCCCCCCCCCCCCCCCC(=O)O.CCCCCCCCCCCCCCCCCC(=O)O.CCCCCCCCCCCCCCCCCC(=O)O.CCCCCCCCCCCCCCCCCC(=O)O.CCCCCCCCCCCCCCCCCC(=O)[O-].CCCCCCCCCCCCCCCCCC(=O)[O-].[Ba+2].[Cd].[Zn]. The van der Waals surface area contributed by atoms with Crippen molar-refractivity contribution in [3.8, 4) is 0 Å². The zero-order valence-electron chi connectivity index (χ0n) is 84.1. The molecule has 0 aliphatic carbocycles. The van der Waals surface area contributed by atoms with Crippen LogP contribution in [-0.2, 0) is 75.5 Å². The van der Waals surface area contributed by atoms with E-state index in [0.29, 0.717) is 25.7 Å². The van der Waals surface area contributed by atoms with Crippen LogP contribution in [0.15, 0.2) is 0 Å². The molecule has 15 heteroatoms. The summed E-state index contributed by atoms with van der Waals surface area (Å²) in [5.74, 6) is -4.42. The van der Waals surface area contributed by atoms with Crippen LogP contribution in [0.2, 0.25) is 0 Å². The molecule has 0 aliphatic heterocycles. The Morgan fingerprint density at radius 3 is 0.276 bits per heavy atom. The van der Waals surface area contributed by atoms with E-state index in [-0.39, 0.29) is 108 Å². The van der Waals surface area contributed by atoms with Crippen molar-refractivity contribution in [2.24, 2.45) is 0 Å². The molecule has 0 saturated heterocycles. The summed E-state index contributed by atoms with van der Waals surface area (Å²) < 4.78 is 0. The van der Waals surface area contributed by atoms with Crippen molar-refractivity contribution in [1.29, 1.82) is 0 Å². The second-order valence-corrected chi connectivity index (χ2v) is 36.5. The summed E-state index contributed by atoms with van der Waals surface area (Å²) in [6.07, 6.45) is 121. The first-order valence-corrected chi connectivity index (χ1v) is 53.9. The van der Waals surface area contributed by atoms with Gasteiger partial charge in [0.1, 0.15) is 0 Å². The van der Waals surface area contributed by atoms with Crippen LogP contribution in [0.1, 0.15) is 658 Å². The van der Waals surface area contributed by atoms with E-state index in [2.05, 4.69) is 41.5 Å². The van der Waals surface area contributed by atoms with Crippen molar-refractivity contribution in [3.63, 3.8) is 0 Å². The summed E-state index contributed by atoms with van der Waals surface area (Å²) >= 11 is 0. The van der Waals surface area contributed by atoms with Gasteiger partial charge >= 0.3 is 72.8 Å². The maximum Gasteiger partial charge on any atom is 2.00 e. The predicted molar refractivity (Wildman–Crippen MR) is 524 cm³/mol. The zero-order valence-corrected chi connectivity index (χ0v) is 95.5. The van der Waals surface area contributed by atoms with Gasteiger partial charge in [-0.25, -0.2) is 0 Å². The Balaban J connectivity index is -0.000000180. The molecule has 0 spiro atoms. The standard InChI is InChI=1S/6C18H36O2.Ba.Cd.Zn/c6*1-2-3-4-5-6-7-8-9-10-11-12-13-14-15-16-17-18(19)20;;;/h6*2-17H2,1H3,(H,19,20);;;/q;;;;;;+2;;/p-2. The molecule has 724 valence electrons. The fourth-order valence-corrected chi connectivity index (χ4v) is 15.9. The molecular weight excluding hydrogens is 1800 g/mol. The molecule has 4 N–H and O–H groups in total. The van der Waals surface area contributed by atoms with Gasteiger partial charge in [0, 0.05) is 84.4 Å². The van der Waals surface area contributed by atoms with Gasteiger partial charge in [-0.05, 0) is 51.4 Å². The van der Waals surface area contributed by atoms with Gasteiger partial charge in [-0.2, -0.15) is 0 Å². The fourth-order valence-electron chi connectivity index (χ4n) is 15.9. The van der Waals surface area contributed by atoms with Crippen molar-refractivity contribution in [2.75, 3.05) is 0 Å². The van der Waals surface area contributed by atoms with Crippen LogP contribution in [-0.4, -0.2) is 105 Å². The normalized spacial score (nSPS) is 10.6. The van der Waals surface area contributed by atoms with Crippen molar-refractivity contribution in [1.82, 2.24) is 0 Å².